The first-order chi connectivity index (χ1) is 9.05. The van der Waals surface area contributed by atoms with Crippen LogP contribution in [0.25, 0.3) is 0 Å². The van der Waals surface area contributed by atoms with Crippen LogP contribution in [0, 0.1) is 11.2 Å². The van der Waals surface area contributed by atoms with Crippen LogP contribution in [-0.4, -0.2) is 34.0 Å². The Balaban J connectivity index is 1.92. The quantitative estimate of drug-likeness (QED) is 0.820. The van der Waals surface area contributed by atoms with Gasteiger partial charge in [-0.1, -0.05) is 6.92 Å². The number of pyridine rings is 1. The van der Waals surface area contributed by atoms with Crippen LogP contribution in [0.2, 0.25) is 0 Å². The van der Waals surface area contributed by atoms with Crippen molar-refractivity contribution in [2.75, 3.05) is 13.1 Å². The maximum atomic E-state index is 13.3. The Bertz CT molecular complexity index is 521. The minimum Gasteiger partial charge on any atom is -0.273 e. The molecule has 3 rings (SSSR count). The zero-order chi connectivity index (χ0) is 13.6. The van der Waals surface area contributed by atoms with Gasteiger partial charge in [-0.2, -0.15) is 0 Å². The van der Waals surface area contributed by atoms with Gasteiger partial charge >= 0.3 is 0 Å². The molecule has 2 atom stereocenters. The average Bonchev–Trinajstić information content (AvgIpc) is 2.90. The number of carbonyl (C=O) groups is 1. The number of aromatic nitrogens is 1. The van der Waals surface area contributed by atoms with Crippen LogP contribution in [0.3, 0.4) is 0 Å². The predicted molar refractivity (Wildman–Crippen MR) is 68.4 cm³/mol. The minimum atomic E-state index is -0.346. The molecule has 0 aromatic carbocycles. The first-order valence-electron chi connectivity index (χ1n) is 6.74. The summed E-state index contributed by atoms with van der Waals surface area (Å²) in [7, 11) is 0. The SMILES string of the molecule is CC[C@@]1(C)CN2CC[C@H](c3cncc(F)c3)N2C1=O. The van der Waals surface area contributed by atoms with Crippen molar-refractivity contribution in [1.29, 1.82) is 0 Å². The summed E-state index contributed by atoms with van der Waals surface area (Å²) in [6.07, 6.45) is 4.52. The first-order valence-corrected chi connectivity index (χ1v) is 6.74. The summed E-state index contributed by atoms with van der Waals surface area (Å²) < 4.78 is 13.3. The van der Waals surface area contributed by atoms with E-state index in [0.717, 1.165) is 31.5 Å². The number of rotatable bonds is 2. The molecule has 1 aromatic heterocycles. The van der Waals surface area contributed by atoms with Gasteiger partial charge in [-0.3, -0.25) is 14.8 Å². The van der Waals surface area contributed by atoms with Gasteiger partial charge in [-0.05, 0) is 31.4 Å². The minimum absolute atomic E-state index is 0.0657. The Morgan fingerprint density at radius 2 is 2.32 bits per heavy atom. The van der Waals surface area contributed by atoms with E-state index in [1.165, 1.54) is 12.3 Å². The maximum absolute atomic E-state index is 13.3. The average molecular weight is 263 g/mol. The predicted octanol–water partition coefficient (Wildman–Crippen LogP) is 2.14. The van der Waals surface area contributed by atoms with Gasteiger partial charge in [0.05, 0.1) is 17.7 Å². The molecule has 0 unspecified atom stereocenters. The van der Waals surface area contributed by atoms with Crippen LogP contribution >= 0.6 is 0 Å². The number of hydrazine groups is 1. The summed E-state index contributed by atoms with van der Waals surface area (Å²) >= 11 is 0. The number of nitrogens with zero attached hydrogens (tertiary/aromatic N) is 3. The van der Waals surface area contributed by atoms with Crippen LogP contribution in [0.4, 0.5) is 4.39 Å². The smallest absolute Gasteiger partial charge is 0.244 e. The molecule has 102 valence electrons. The van der Waals surface area contributed by atoms with Gasteiger partial charge in [-0.15, -0.1) is 0 Å². The highest BCUT2D eigenvalue weighted by atomic mass is 19.1. The normalized spacial score (nSPS) is 31.0. The highest BCUT2D eigenvalue weighted by molar-refractivity contribution is 5.84. The molecule has 3 heterocycles. The molecule has 0 N–H and O–H groups in total. The molecule has 5 heteroatoms. The van der Waals surface area contributed by atoms with Crippen molar-refractivity contribution in [3.63, 3.8) is 0 Å². The third kappa shape index (κ3) is 1.84. The lowest BCUT2D eigenvalue weighted by molar-refractivity contribution is -0.142. The molecule has 4 nitrogen and oxygen atoms in total. The molecule has 2 fully saturated rings. The molecule has 0 bridgehead atoms. The van der Waals surface area contributed by atoms with Gasteiger partial charge in [0.15, 0.2) is 0 Å². The van der Waals surface area contributed by atoms with Crippen molar-refractivity contribution in [3.8, 4) is 0 Å². The molecule has 0 saturated carbocycles. The van der Waals surface area contributed by atoms with Gasteiger partial charge in [0.25, 0.3) is 0 Å². The molecule has 1 amide bonds. The van der Waals surface area contributed by atoms with E-state index in [1.54, 1.807) is 6.20 Å². The summed E-state index contributed by atoms with van der Waals surface area (Å²) in [4.78, 5) is 16.5. The molecule has 2 aliphatic rings. The van der Waals surface area contributed by atoms with E-state index in [1.807, 2.05) is 18.9 Å². The van der Waals surface area contributed by atoms with Gasteiger partial charge < -0.3 is 0 Å². The summed E-state index contributed by atoms with van der Waals surface area (Å²) in [6, 6.07) is 1.42. The number of fused-ring (bicyclic) bond motifs is 1. The molecule has 0 aliphatic carbocycles. The van der Waals surface area contributed by atoms with Crippen molar-refractivity contribution in [2.24, 2.45) is 5.41 Å². The molecular weight excluding hydrogens is 245 g/mol. The summed E-state index contributed by atoms with van der Waals surface area (Å²) in [5.74, 6) is -0.192. The van der Waals surface area contributed by atoms with E-state index in [0.29, 0.717) is 0 Å². The molecule has 1 aromatic rings. The van der Waals surface area contributed by atoms with E-state index >= 15 is 0 Å². The van der Waals surface area contributed by atoms with Crippen LogP contribution in [0.1, 0.15) is 38.3 Å². The zero-order valence-electron chi connectivity index (χ0n) is 11.3. The largest absolute Gasteiger partial charge is 0.273 e. The monoisotopic (exact) mass is 263 g/mol. The molecule has 2 saturated heterocycles. The molecule has 19 heavy (non-hydrogen) atoms. The van der Waals surface area contributed by atoms with Crippen LogP contribution < -0.4 is 0 Å². The van der Waals surface area contributed by atoms with Crippen LogP contribution in [0.5, 0.6) is 0 Å². The number of hydrogen-bond acceptors (Lipinski definition) is 3. The van der Waals surface area contributed by atoms with E-state index in [9.17, 15) is 9.18 Å². The standard InChI is InChI=1S/C14H18FN3O/c1-3-14(2)9-17-5-4-12(18(17)13(14)19)10-6-11(15)8-16-7-10/h6-8,12H,3-5,9H2,1-2H3/t12-,14+/m1/s1. The van der Waals surface area contributed by atoms with E-state index in [2.05, 4.69) is 9.99 Å². The zero-order valence-corrected chi connectivity index (χ0v) is 11.3. The van der Waals surface area contributed by atoms with E-state index in [-0.39, 0.29) is 23.2 Å². The van der Waals surface area contributed by atoms with Crippen molar-refractivity contribution in [2.45, 2.75) is 32.7 Å². The second-order valence-corrected chi connectivity index (χ2v) is 5.69. The van der Waals surface area contributed by atoms with Crippen LogP contribution in [-0.2, 0) is 4.79 Å². The summed E-state index contributed by atoms with van der Waals surface area (Å²) in [5, 5.41) is 3.92. The number of hydrogen-bond donors (Lipinski definition) is 0. The highest BCUT2D eigenvalue weighted by Gasteiger charge is 2.51. The molecule has 0 spiro atoms. The van der Waals surface area contributed by atoms with Crippen LogP contribution in [0.15, 0.2) is 18.5 Å². The van der Waals surface area contributed by atoms with E-state index < -0.39 is 0 Å². The third-order valence-corrected chi connectivity index (χ3v) is 4.41. The lowest BCUT2D eigenvalue weighted by Gasteiger charge is -2.26. The number of amides is 1. The molecule has 2 aliphatic heterocycles. The number of carbonyl (C=O) groups excluding carboxylic acids is 1. The topological polar surface area (TPSA) is 36.4 Å². The summed E-state index contributed by atoms with van der Waals surface area (Å²) in [5.41, 5.74) is 0.482. The first kappa shape index (κ1) is 12.5. The van der Waals surface area contributed by atoms with Gasteiger partial charge in [0, 0.05) is 19.3 Å². The Morgan fingerprint density at radius 3 is 3.00 bits per heavy atom. The van der Waals surface area contributed by atoms with Crippen molar-refractivity contribution in [3.05, 3.63) is 29.8 Å². The van der Waals surface area contributed by atoms with Gasteiger partial charge in [0.2, 0.25) is 5.91 Å². The third-order valence-electron chi connectivity index (χ3n) is 4.41. The number of halogens is 1. The van der Waals surface area contributed by atoms with Crippen molar-refractivity contribution >= 4 is 5.91 Å². The fourth-order valence-corrected chi connectivity index (χ4v) is 3.05. The van der Waals surface area contributed by atoms with Crippen molar-refractivity contribution in [1.82, 2.24) is 15.0 Å². The molecule has 0 radical (unpaired) electrons. The second-order valence-electron chi connectivity index (χ2n) is 5.69. The maximum Gasteiger partial charge on any atom is 0.244 e. The van der Waals surface area contributed by atoms with Crippen molar-refractivity contribution < 1.29 is 9.18 Å². The Kier molecular flexibility index (Phi) is 2.82. The second kappa shape index (κ2) is 4.27. The molecular formula is C14H18FN3O. The highest BCUT2D eigenvalue weighted by Crippen LogP contribution is 2.43. The fourth-order valence-electron chi connectivity index (χ4n) is 3.05. The van der Waals surface area contributed by atoms with Gasteiger partial charge in [-0.25, -0.2) is 9.40 Å². The Labute approximate surface area is 112 Å². The van der Waals surface area contributed by atoms with E-state index in [4.69, 9.17) is 0 Å². The lowest BCUT2D eigenvalue weighted by atomic mass is 9.87. The van der Waals surface area contributed by atoms with Gasteiger partial charge in [0.1, 0.15) is 5.82 Å². The lowest BCUT2D eigenvalue weighted by Crippen LogP contribution is -2.36. The Morgan fingerprint density at radius 1 is 1.53 bits per heavy atom. The summed E-state index contributed by atoms with van der Waals surface area (Å²) in [6.45, 7) is 5.67. The Hall–Kier alpha value is -1.49. The fraction of sp³-hybridized carbons (Fsp3) is 0.571.